The van der Waals surface area contributed by atoms with Crippen LogP contribution in [0.25, 0.3) is 21.7 Å². The Balaban J connectivity index is 1.84. The lowest BCUT2D eigenvalue weighted by Gasteiger charge is -2.20. The fourth-order valence-electron chi connectivity index (χ4n) is 3.79. The molecule has 3 aromatic carbocycles. The van der Waals surface area contributed by atoms with Gasteiger partial charge in [-0.25, -0.2) is 19.0 Å². The number of fused-ring (bicyclic) bond motifs is 2. The number of aromatic nitrogens is 2. The largest absolute Gasteiger partial charge is 0.493 e. The third kappa shape index (κ3) is 5.18. The first-order valence-electron chi connectivity index (χ1n) is 11.1. The van der Waals surface area contributed by atoms with E-state index in [1.54, 1.807) is 70.5 Å². The summed E-state index contributed by atoms with van der Waals surface area (Å²) < 4.78 is 34.7. The van der Waals surface area contributed by atoms with E-state index in [1.165, 1.54) is 13.4 Å². The first-order chi connectivity index (χ1) is 17.0. The van der Waals surface area contributed by atoms with Gasteiger partial charge in [0.15, 0.2) is 17.3 Å². The lowest BCUT2D eigenvalue weighted by atomic mass is 10.1. The summed E-state index contributed by atoms with van der Waals surface area (Å²) in [6.45, 7) is 5.39. The minimum atomic E-state index is -2.97. The number of rotatable bonds is 5. The quantitative estimate of drug-likeness (QED) is 0.355. The molecule has 1 aromatic heterocycles. The van der Waals surface area contributed by atoms with Crippen molar-refractivity contribution in [1.82, 2.24) is 9.97 Å². The SMILES string of the molecule is COc1cc2ncnc(N=S(C)(=O)c3cccc4c(NC(=O)OC(C)(C)C)cccc34)c2cc1OC. The number of hydrogen-bond acceptors (Lipinski definition) is 8. The van der Waals surface area contributed by atoms with E-state index in [-0.39, 0.29) is 5.82 Å². The topological polar surface area (TPSA) is 112 Å². The minimum Gasteiger partial charge on any atom is -0.493 e. The molecule has 4 rings (SSSR count). The summed E-state index contributed by atoms with van der Waals surface area (Å²) >= 11 is 0. The number of carbonyl (C=O) groups excluding carboxylic acids is 1. The van der Waals surface area contributed by atoms with Crippen LogP contribution in [0.4, 0.5) is 16.3 Å². The number of benzene rings is 3. The molecule has 0 saturated heterocycles. The summed E-state index contributed by atoms with van der Waals surface area (Å²) in [5, 5.41) is 4.77. The van der Waals surface area contributed by atoms with E-state index in [2.05, 4.69) is 19.6 Å². The molecule has 188 valence electrons. The van der Waals surface area contributed by atoms with Crippen LogP contribution in [0, 0.1) is 0 Å². The van der Waals surface area contributed by atoms with Gasteiger partial charge in [0.25, 0.3) is 0 Å². The lowest BCUT2D eigenvalue weighted by molar-refractivity contribution is 0.0636. The molecule has 0 spiro atoms. The fraction of sp³-hybridized carbons (Fsp3) is 0.269. The maximum Gasteiger partial charge on any atom is 0.412 e. The molecule has 1 unspecified atom stereocenters. The van der Waals surface area contributed by atoms with Crippen LogP contribution in [0.5, 0.6) is 11.5 Å². The highest BCUT2D eigenvalue weighted by Crippen LogP contribution is 2.36. The zero-order chi connectivity index (χ0) is 26.1. The maximum absolute atomic E-state index is 14.0. The second kappa shape index (κ2) is 9.62. The monoisotopic (exact) mass is 508 g/mol. The van der Waals surface area contributed by atoms with Gasteiger partial charge in [-0.1, -0.05) is 24.3 Å². The van der Waals surface area contributed by atoms with Gasteiger partial charge in [0.05, 0.1) is 40.0 Å². The van der Waals surface area contributed by atoms with Crippen molar-refractivity contribution in [3.8, 4) is 11.5 Å². The third-order valence-electron chi connectivity index (χ3n) is 5.31. The molecule has 1 N–H and O–H groups in total. The molecule has 1 heterocycles. The second-order valence-corrected chi connectivity index (χ2v) is 11.3. The van der Waals surface area contributed by atoms with Gasteiger partial charge >= 0.3 is 6.09 Å². The van der Waals surface area contributed by atoms with Crippen LogP contribution in [0.15, 0.2) is 64.1 Å². The second-order valence-electron chi connectivity index (χ2n) is 9.10. The van der Waals surface area contributed by atoms with Crippen molar-refractivity contribution < 1.29 is 23.2 Å². The Morgan fingerprint density at radius 2 is 1.61 bits per heavy atom. The van der Waals surface area contributed by atoms with E-state index in [1.807, 2.05) is 12.1 Å². The van der Waals surface area contributed by atoms with Crippen LogP contribution in [0.2, 0.25) is 0 Å². The molecule has 0 bridgehead atoms. The fourth-order valence-corrected chi connectivity index (χ4v) is 5.28. The third-order valence-corrected chi connectivity index (χ3v) is 7.00. The van der Waals surface area contributed by atoms with Crippen molar-refractivity contribution in [2.45, 2.75) is 31.3 Å². The highest BCUT2D eigenvalue weighted by atomic mass is 32.2. The van der Waals surface area contributed by atoms with Crippen LogP contribution >= 0.6 is 0 Å². The molecular formula is C26H28N4O5S. The number of ether oxygens (including phenoxy) is 3. The van der Waals surface area contributed by atoms with Crippen LogP contribution in [0.1, 0.15) is 20.8 Å². The average Bonchev–Trinajstić information content (AvgIpc) is 2.81. The molecule has 0 saturated carbocycles. The minimum absolute atomic E-state index is 0.272. The van der Waals surface area contributed by atoms with Gasteiger partial charge in [-0.2, -0.15) is 4.36 Å². The molecule has 10 heteroatoms. The Hall–Kier alpha value is -3.92. The average molecular weight is 509 g/mol. The van der Waals surface area contributed by atoms with Crippen LogP contribution in [-0.2, 0) is 14.5 Å². The van der Waals surface area contributed by atoms with E-state index in [4.69, 9.17) is 14.2 Å². The number of methoxy groups -OCH3 is 2. The summed E-state index contributed by atoms with van der Waals surface area (Å²) in [6.07, 6.45) is 2.36. The molecule has 0 aliphatic heterocycles. The number of amides is 1. The van der Waals surface area contributed by atoms with Gasteiger partial charge in [-0.05, 0) is 39.0 Å². The van der Waals surface area contributed by atoms with Crippen molar-refractivity contribution in [3.63, 3.8) is 0 Å². The Labute approximate surface area is 210 Å². The van der Waals surface area contributed by atoms with Gasteiger partial charge in [0.2, 0.25) is 0 Å². The summed E-state index contributed by atoms with van der Waals surface area (Å²) in [5.74, 6) is 1.28. The number of nitrogens with one attached hydrogen (secondary N) is 1. The summed E-state index contributed by atoms with van der Waals surface area (Å²) in [4.78, 5) is 21.5. The first-order valence-corrected chi connectivity index (χ1v) is 13.1. The standard InChI is InChI=1S/C26H28N4O5S/c1-26(2,3)35-25(31)29-19-11-7-10-17-16(19)9-8-12-23(17)36(6,32)30-24-18-13-21(33-4)22(34-5)14-20(18)27-15-28-24/h7-15H,1-6H3,(H,29,31). The zero-order valence-corrected chi connectivity index (χ0v) is 21.8. The van der Waals surface area contributed by atoms with E-state index in [9.17, 15) is 9.00 Å². The van der Waals surface area contributed by atoms with Gasteiger partial charge in [0, 0.05) is 28.5 Å². The number of carbonyl (C=O) groups is 1. The summed E-state index contributed by atoms with van der Waals surface area (Å²) in [7, 11) is 0.105. The van der Waals surface area contributed by atoms with Crippen molar-refractivity contribution in [1.29, 1.82) is 0 Å². The Kier molecular flexibility index (Phi) is 6.73. The number of hydrogen-bond donors (Lipinski definition) is 1. The molecule has 0 fully saturated rings. The van der Waals surface area contributed by atoms with E-state index >= 15 is 0 Å². The smallest absolute Gasteiger partial charge is 0.412 e. The van der Waals surface area contributed by atoms with Gasteiger partial charge < -0.3 is 14.2 Å². The molecule has 4 aromatic rings. The lowest BCUT2D eigenvalue weighted by Crippen LogP contribution is -2.27. The van der Waals surface area contributed by atoms with E-state index in [0.717, 1.165) is 0 Å². The summed E-state index contributed by atoms with van der Waals surface area (Å²) in [6, 6.07) is 14.2. The van der Waals surface area contributed by atoms with E-state index < -0.39 is 21.4 Å². The Morgan fingerprint density at radius 1 is 0.944 bits per heavy atom. The first kappa shape index (κ1) is 25.2. The predicted octanol–water partition coefficient (Wildman–Crippen LogP) is 5.94. The molecule has 9 nitrogen and oxygen atoms in total. The normalized spacial score (nSPS) is 13.2. The Bertz CT molecular complexity index is 1590. The van der Waals surface area contributed by atoms with Crippen molar-refractivity contribution in [2.24, 2.45) is 4.36 Å². The van der Waals surface area contributed by atoms with Crippen LogP contribution in [-0.4, -0.2) is 46.3 Å². The molecule has 0 radical (unpaired) electrons. The molecule has 36 heavy (non-hydrogen) atoms. The number of anilines is 1. The van der Waals surface area contributed by atoms with Crippen LogP contribution < -0.4 is 14.8 Å². The maximum atomic E-state index is 14.0. The van der Waals surface area contributed by atoms with Crippen molar-refractivity contribution in [3.05, 3.63) is 54.9 Å². The van der Waals surface area contributed by atoms with Gasteiger partial charge in [-0.15, -0.1) is 0 Å². The molecule has 0 aliphatic rings. The molecule has 1 atom stereocenters. The molecule has 0 aliphatic carbocycles. The highest BCUT2D eigenvalue weighted by Gasteiger charge is 2.19. The number of nitrogens with zero attached hydrogens (tertiary/aromatic N) is 3. The van der Waals surface area contributed by atoms with Gasteiger partial charge in [0.1, 0.15) is 11.9 Å². The Morgan fingerprint density at radius 3 is 2.31 bits per heavy atom. The summed E-state index contributed by atoms with van der Waals surface area (Å²) in [5.41, 5.74) is 0.491. The van der Waals surface area contributed by atoms with Gasteiger partial charge in [-0.3, -0.25) is 5.32 Å². The van der Waals surface area contributed by atoms with Crippen molar-refractivity contribution >= 4 is 49.0 Å². The molecular weight excluding hydrogens is 480 g/mol. The van der Waals surface area contributed by atoms with Crippen LogP contribution in [0.3, 0.4) is 0 Å². The van der Waals surface area contributed by atoms with Crippen molar-refractivity contribution in [2.75, 3.05) is 25.8 Å². The zero-order valence-electron chi connectivity index (χ0n) is 21.0. The highest BCUT2D eigenvalue weighted by molar-refractivity contribution is 7.93. The predicted molar refractivity (Wildman–Crippen MR) is 141 cm³/mol. The molecule has 1 amide bonds. The van der Waals surface area contributed by atoms with E-state index in [0.29, 0.717) is 43.8 Å².